The summed E-state index contributed by atoms with van der Waals surface area (Å²) >= 11 is 7.66. The van der Waals surface area contributed by atoms with Crippen LogP contribution < -0.4 is 15.4 Å². The van der Waals surface area contributed by atoms with E-state index in [0.29, 0.717) is 32.6 Å². The van der Waals surface area contributed by atoms with Gasteiger partial charge in [-0.2, -0.15) is 0 Å². The third-order valence-corrected chi connectivity index (χ3v) is 6.60. The number of fused-ring (bicyclic) bond motifs is 1. The van der Waals surface area contributed by atoms with E-state index in [0.717, 1.165) is 35.3 Å². The predicted octanol–water partition coefficient (Wildman–Crippen LogP) is 5.71. The summed E-state index contributed by atoms with van der Waals surface area (Å²) in [4.78, 5) is 27.0. The average molecular weight is 441 g/mol. The lowest BCUT2D eigenvalue weighted by atomic mass is 10.1. The summed E-state index contributed by atoms with van der Waals surface area (Å²) in [7, 11) is 1.54. The lowest BCUT2D eigenvalue weighted by molar-refractivity contribution is 0.102. The smallest absolute Gasteiger partial charge is 0.258 e. The van der Waals surface area contributed by atoms with Crippen LogP contribution in [0, 0.1) is 6.92 Å². The lowest BCUT2D eigenvalue weighted by Crippen LogP contribution is -2.18. The van der Waals surface area contributed by atoms with Gasteiger partial charge in [0, 0.05) is 16.1 Å². The molecule has 0 saturated carbocycles. The first-order valence-electron chi connectivity index (χ1n) is 9.63. The first-order valence-corrected chi connectivity index (χ1v) is 10.8. The van der Waals surface area contributed by atoms with Gasteiger partial charge in [-0.15, -0.1) is 11.3 Å². The summed E-state index contributed by atoms with van der Waals surface area (Å²) in [5.41, 5.74) is 3.78. The van der Waals surface area contributed by atoms with E-state index in [-0.39, 0.29) is 11.8 Å². The maximum Gasteiger partial charge on any atom is 0.258 e. The number of amides is 2. The van der Waals surface area contributed by atoms with E-state index in [2.05, 4.69) is 10.6 Å². The summed E-state index contributed by atoms with van der Waals surface area (Å²) < 4.78 is 5.16. The van der Waals surface area contributed by atoms with Crippen molar-refractivity contribution in [1.82, 2.24) is 0 Å². The molecule has 3 aromatic rings. The summed E-state index contributed by atoms with van der Waals surface area (Å²) in [5.74, 6) is 0.0587. The second-order valence-electron chi connectivity index (χ2n) is 7.19. The highest BCUT2D eigenvalue weighted by Crippen LogP contribution is 2.40. The molecule has 30 heavy (non-hydrogen) atoms. The van der Waals surface area contributed by atoms with E-state index < -0.39 is 0 Å². The molecule has 0 bridgehead atoms. The number of aryl methyl sites for hydroxylation is 2. The topological polar surface area (TPSA) is 67.4 Å². The van der Waals surface area contributed by atoms with Crippen molar-refractivity contribution in [3.05, 3.63) is 74.6 Å². The second kappa shape index (κ2) is 8.50. The van der Waals surface area contributed by atoms with Crippen LogP contribution in [0.3, 0.4) is 0 Å². The molecule has 5 nitrogen and oxygen atoms in total. The van der Waals surface area contributed by atoms with E-state index in [1.54, 1.807) is 30.3 Å². The molecule has 4 rings (SSSR count). The summed E-state index contributed by atoms with van der Waals surface area (Å²) in [6, 6.07) is 12.4. The lowest BCUT2D eigenvalue weighted by Gasteiger charge is -2.11. The number of ether oxygens (including phenoxy) is 1. The monoisotopic (exact) mass is 440 g/mol. The highest BCUT2D eigenvalue weighted by molar-refractivity contribution is 7.17. The van der Waals surface area contributed by atoms with Crippen molar-refractivity contribution in [2.45, 2.75) is 26.2 Å². The third-order valence-electron chi connectivity index (χ3n) is 5.10. The molecule has 1 aliphatic rings. The molecule has 1 aliphatic carbocycles. The summed E-state index contributed by atoms with van der Waals surface area (Å²) in [6.45, 7) is 1.97. The molecule has 2 amide bonds. The Kier molecular flexibility index (Phi) is 5.79. The number of nitrogens with one attached hydrogen (secondary N) is 2. The van der Waals surface area contributed by atoms with Crippen LogP contribution in [0.2, 0.25) is 5.02 Å². The van der Waals surface area contributed by atoms with E-state index in [9.17, 15) is 9.59 Å². The maximum absolute atomic E-state index is 13.2. The molecule has 0 unspecified atom stereocenters. The molecule has 1 aromatic heterocycles. The zero-order chi connectivity index (χ0) is 21.3. The van der Waals surface area contributed by atoms with Gasteiger partial charge in [-0.05, 0) is 62.1 Å². The predicted molar refractivity (Wildman–Crippen MR) is 121 cm³/mol. The highest BCUT2D eigenvalue weighted by Gasteiger charge is 2.28. The van der Waals surface area contributed by atoms with E-state index in [4.69, 9.17) is 16.3 Å². The highest BCUT2D eigenvalue weighted by atomic mass is 35.5. The Labute approximate surface area is 184 Å². The van der Waals surface area contributed by atoms with E-state index in [1.165, 1.54) is 18.4 Å². The maximum atomic E-state index is 13.2. The zero-order valence-corrected chi connectivity index (χ0v) is 18.2. The van der Waals surface area contributed by atoms with Gasteiger partial charge in [-0.1, -0.05) is 29.3 Å². The van der Waals surface area contributed by atoms with Crippen molar-refractivity contribution >= 4 is 45.4 Å². The van der Waals surface area contributed by atoms with E-state index >= 15 is 0 Å². The Morgan fingerprint density at radius 3 is 2.50 bits per heavy atom. The number of rotatable bonds is 5. The van der Waals surface area contributed by atoms with Gasteiger partial charge in [-0.25, -0.2) is 0 Å². The Morgan fingerprint density at radius 2 is 1.80 bits per heavy atom. The molecule has 7 heteroatoms. The fourth-order valence-corrected chi connectivity index (χ4v) is 5.09. The SMILES string of the molecule is COc1ccc(NC(=O)c2c(NC(=O)c3ccc(C)cc3)sc3c2CCC3)cc1Cl. The van der Waals surface area contributed by atoms with Crippen molar-refractivity contribution in [3.8, 4) is 5.75 Å². The minimum absolute atomic E-state index is 0.225. The number of halogens is 1. The van der Waals surface area contributed by atoms with Gasteiger partial charge in [0.1, 0.15) is 10.8 Å². The molecule has 0 spiro atoms. The third kappa shape index (κ3) is 4.06. The van der Waals surface area contributed by atoms with Crippen LogP contribution in [-0.4, -0.2) is 18.9 Å². The van der Waals surface area contributed by atoms with Gasteiger partial charge < -0.3 is 15.4 Å². The van der Waals surface area contributed by atoms with E-state index in [1.807, 2.05) is 19.1 Å². The first-order chi connectivity index (χ1) is 14.5. The zero-order valence-electron chi connectivity index (χ0n) is 16.7. The number of thiophene rings is 1. The quantitative estimate of drug-likeness (QED) is 0.533. The van der Waals surface area contributed by atoms with Gasteiger partial charge in [0.2, 0.25) is 0 Å². The van der Waals surface area contributed by atoms with Crippen molar-refractivity contribution < 1.29 is 14.3 Å². The van der Waals surface area contributed by atoms with Gasteiger partial charge in [0.05, 0.1) is 17.7 Å². The Morgan fingerprint density at radius 1 is 1.03 bits per heavy atom. The Hall–Kier alpha value is -2.83. The van der Waals surface area contributed by atoms with Crippen LogP contribution in [0.15, 0.2) is 42.5 Å². The minimum Gasteiger partial charge on any atom is -0.495 e. The molecule has 154 valence electrons. The fraction of sp³-hybridized carbons (Fsp3) is 0.217. The van der Waals surface area contributed by atoms with Crippen LogP contribution in [-0.2, 0) is 12.8 Å². The number of hydrogen-bond acceptors (Lipinski definition) is 4. The number of hydrogen-bond donors (Lipinski definition) is 2. The number of carbonyl (C=O) groups is 2. The fourth-order valence-electron chi connectivity index (χ4n) is 3.55. The Bertz CT molecular complexity index is 1120. The molecule has 0 atom stereocenters. The second-order valence-corrected chi connectivity index (χ2v) is 8.70. The molecular formula is C23H21ClN2O3S. The molecule has 0 aliphatic heterocycles. The van der Waals surface area contributed by atoms with Crippen molar-refractivity contribution in [2.24, 2.45) is 0 Å². The standard InChI is InChI=1S/C23H21ClN2O3S/c1-13-6-8-14(9-7-13)21(27)26-23-20(16-4-3-5-19(16)30-23)22(28)25-15-10-11-18(29-2)17(24)12-15/h6-12H,3-5H2,1-2H3,(H,25,28)(H,26,27). The van der Waals surface area contributed by atoms with Crippen molar-refractivity contribution in [3.63, 3.8) is 0 Å². The molecule has 2 aromatic carbocycles. The summed E-state index contributed by atoms with van der Waals surface area (Å²) in [6.07, 6.45) is 2.77. The Balaban J connectivity index is 1.61. The van der Waals surface area contributed by atoms with Crippen molar-refractivity contribution in [2.75, 3.05) is 17.7 Å². The van der Waals surface area contributed by atoms with Gasteiger partial charge in [0.15, 0.2) is 0 Å². The molecule has 2 N–H and O–H groups in total. The van der Waals surface area contributed by atoms with Gasteiger partial charge in [0.25, 0.3) is 11.8 Å². The number of anilines is 2. The molecule has 1 heterocycles. The van der Waals surface area contributed by atoms with Crippen LogP contribution >= 0.6 is 22.9 Å². The largest absolute Gasteiger partial charge is 0.495 e. The average Bonchev–Trinajstić information content (AvgIpc) is 3.29. The molecule has 0 fully saturated rings. The summed E-state index contributed by atoms with van der Waals surface area (Å²) in [5, 5.41) is 6.85. The number of methoxy groups -OCH3 is 1. The number of benzene rings is 2. The molecule has 0 radical (unpaired) electrons. The van der Waals surface area contributed by atoms with Crippen molar-refractivity contribution in [1.29, 1.82) is 0 Å². The molecule has 0 saturated heterocycles. The van der Waals surface area contributed by atoms with Crippen LogP contribution in [0.25, 0.3) is 0 Å². The minimum atomic E-state index is -0.255. The van der Waals surface area contributed by atoms with Crippen LogP contribution in [0.4, 0.5) is 10.7 Å². The van der Waals surface area contributed by atoms with Gasteiger partial charge >= 0.3 is 0 Å². The van der Waals surface area contributed by atoms with Gasteiger partial charge in [-0.3, -0.25) is 9.59 Å². The van der Waals surface area contributed by atoms with Crippen LogP contribution in [0.1, 0.15) is 43.1 Å². The number of carbonyl (C=O) groups excluding carboxylic acids is 2. The normalized spacial score (nSPS) is 12.4. The first kappa shape index (κ1) is 20.4. The van der Waals surface area contributed by atoms with Crippen LogP contribution in [0.5, 0.6) is 5.75 Å². The molecular weight excluding hydrogens is 420 g/mol.